The fraction of sp³-hybridized carbons (Fsp3) is 0.680. The van der Waals surface area contributed by atoms with Crippen molar-refractivity contribution in [1.29, 1.82) is 0 Å². The molecule has 0 radical (unpaired) electrons. The minimum atomic E-state index is 0.272. The largest absolute Gasteiger partial charge is 0.467 e. The van der Waals surface area contributed by atoms with Crippen molar-refractivity contribution in [3.05, 3.63) is 29.3 Å². The molecule has 27 heavy (non-hydrogen) atoms. The van der Waals surface area contributed by atoms with Gasteiger partial charge in [0.05, 0.1) is 0 Å². The Morgan fingerprint density at radius 2 is 1.70 bits per heavy atom. The number of hydrogen-bond acceptors (Lipinski definition) is 2. The molecule has 0 aliphatic heterocycles. The minimum Gasteiger partial charge on any atom is -0.467 e. The smallest absolute Gasteiger partial charge is 0.188 e. The van der Waals surface area contributed by atoms with Gasteiger partial charge in [0.15, 0.2) is 6.79 Å². The molecule has 2 heteroatoms. The molecule has 148 valence electrons. The van der Waals surface area contributed by atoms with Gasteiger partial charge in [0.25, 0.3) is 0 Å². The summed E-state index contributed by atoms with van der Waals surface area (Å²) in [5.41, 5.74) is 3.05. The van der Waals surface area contributed by atoms with Crippen LogP contribution in [0.2, 0.25) is 0 Å². The molecule has 1 aromatic carbocycles. The van der Waals surface area contributed by atoms with E-state index in [1.54, 1.807) is 7.11 Å². The standard InChI is InChI=1S/C25H36O2/c1-8-18-9-10-23(27-16-26-7)20(14-18)19-15-22-21(13-17(19)2)24(3,4)11-12-25(22,5)6/h1,9-10,14,17,19,21-22H,11-13,15-16H2,2-7H3. The Balaban J connectivity index is 1.97. The summed E-state index contributed by atoms with van der Waals surface area (Å²) in [6.07, 6.45) is 10.9. The third kappa shape index (κ3) is 3.90. The monoisotopic (exact) mass is 368 g/mol. The number of terminal acetylenes is 1. The van der Waals surface area contributed by atoms with Crippen molar-refractivity contribution >= 4 is 0 Å². The van der Waals surface area contributed by atoms with Gasteiger partial charge < -0.3 is 9.47 Å². The molecule has 0 bridgehead atoms. The van der Waals surface area contributed by atoms with Crippen LogP contribution in [0.3, 0.4) is 0 Å². The number of fused-ring (bicyclic) bond motifs is 1. The Morgan fingerprint density at radius 1 is 1.07 bits per heavy atom. The maximum absolute atomic E-state index is 5.93. The molecule has 0 saturated heterocycles. The molecular weight excluding hydrogens is 332 g/mol. The van der Waals surface area contributed by atoms with E-state index in [0.717, 1.165) is 23.1 Å². The Kier molecular flexibility index (Phi) is 5.64. The van der Waals surface area contributed by atoms with E-state index in [2.05, 4.69) is 46.6 Å². The van der Waals surface area contributed by atoms with E-state index in [0.29, 0.717) is 22.7 Å². The molecule has 2 fully saturated rings. The number of methoxy groups -OCH3 is 1. The second-order valence-corrected chi connectivity index (χ2v) is 10.2. The van der Waals surface area contributed by atoms with Gasteiger partial charge in [-0.15, -0.1) is 6.42 Å². The van der Waals surface area contributed by atoms with Gasteiger partial charge in [-0.1, -0.05) is 40.5 Å². The Labute approximate surface area is 166 Å². The van der Waals surface area contributed by atoms with Crippen LogP contribution in [0.25, 0.3) is 0 Å². The molecule has 4 atom stereocenters. The molecule has 4 unspecified atom stereocenters. The molecule has 0 amide bonds. The highest BCUT2D eigenvalue weighted by molar-refractivity contribution is 5.45. The average Bonchev–Trinajstić information content (AvgIpc) is 2.63. The van der Waals surface area contributed by atoms with Gasteiger partial charge in [-0.2, -0.15) is 0 Å². The number of rotatable bonds is 4. The van der Waals surface area contributed by atoms with Gasteiger partial charge in [-0.3, -0.25) is 0 Å². The molecule has 2 aliphatic rings. The van der Waals surface area contributed by atoms with Crippen LogP contribution in [0.15, 0.2) is 18.2 Å². The van der Waals surface area contributed by atoms with Crippen LogP contribution >= 0.6 is 0 Å². The van der Waals surface area contributed by atoms with Crippen molar-refractivity contribution in [2.75, 3.05) is 13.9 Å². The lowest BCUT2D eigenvalue weighted by molar-refractivity contribution is -0.0638. The van der Waals surface area contributed by atoms with Crippen LogP contribution in [-0.2, 0) is 4.74 Å². The Hall–Kier alpha value is -1.46. The van der Waals surface area contributed by atoms with E-state index in [4.69, 9.17) is 15.9 Å². The van der Waals surface area contributed by atoms with Crippen molar-refractivity contribution in [2.24, 2.45) is 28.6 Å². The summed E-state index contributed by atoms with van der Waals surface area (Å²) in [6.45, 7) is 12.6. The van der Waals surface area contributed by atoms with Crippen LogP contribution < -0.4 is 4.74 Å². The van der Waals surface area contributed by atoms with Gasteiger partial charge in [-0.05, 0) is 83.9 Å². The molecule has 0 heterocycles. The minimum absolute atomic E-state index is 0.272. The van der Waals surface area contributed by atoms with Gasteiger partial charge in [0.2, 0.25) is 0 Å². The zero-order valence-electron chi connectivity index (χ0n) is 18.0. The summed E-state index contributed by atoms with van der Waals surface area (Å²) in [7, 11) is 1.66. The van der Waals surface area contributed by atoms with E-state index in [1.165, 1.54) is 31.2 Å². The van der Waals surface area contributed by atoms with Gasteiger partial charge in [0.1, 0.15) is 5.75 Å². The molecule has 0 spiro atoms. The van der Waals surface area contributed by atoms with E-state index < -0.39 is 0 Å². The van der Waals surface area contributed by atoms with Crippen LogP contribution in [0.5, 0.6) is 5.75 Å². The topological polar surface area (TPSA) is 18.5 Å². The molecule has 2 nitrogen and oxygen atoms in total. The SMILES string of the molecule is C#Cc1ccc(OCOC)c(C2CC3C(CC2C)C(C)(C)CCC3(C)C)c1. The number of benzene rings is 1. The van der Waals surface area contributed by atoms with Gasteiger partial charge in [0, 0.05) is 12.7 Å². The third-order valence-electron chi connectivity index (χ3n) is 7.64. The summed E-state index contributed by atoms with van der Waals surface area (Å²) < 4.78 is 11.1. The first-order valence-electron chi connectivity index (χ1n) is 10.4. The van der Waals surface area contributed by atoms with Crippen LogP contribution in [0, 0.1) is 40.9 Å². The van der Waals surface area contributed by atoms with E-state index in [1.807, 2.05) is 12.1 Å². The fourth-order valence-electron chi connectivity index (χ4n) is 5.76. The molecule has 3 rings (SSSR count). The maximum Gasteiger partial charge on any atom is 0.188 e. The molecular formula is C25H36O2. The molecule has 2 saturated carbocycles. The van der Waals surface area contributed by atoms with Gasteiger partial charge in [-0.25, -0.2) is 0 Å². The fourth-order valence-corrected chi connectivity index (χ4v) is 5.76. The van der Waals surface area contributed by atoms with Crippen molar-refractivity contribution < 1.29 is 9.47 Å². The normalized spacial score (nSPS) is 31.6. The zero-order chi connectivity index (χ0) is 19.8. The lowest BCUT2D eigenvalue weighted by Crippen LogP contribution is -2.48. The number of hydrogen-bond donors (Lipinski definition) is 0. The first kappa shape index (κ1) is 20.3. The van der Waals surface area contributed by atoms with Crippen molar-refractivity contribution in [3.8, 4) is 18.1 Å². The molecule has 0 N–H and O–H groups in total. The van der Waals surface area contributed by atoms with Crippen LogP contribution in [0.1, 0.15) is 77.3 Å². The van der Waals surface area contributed by atoms with Crippen molar-refractivity contribution in [3.63, 3.8) is 0 Å². The molecule has 1 aromatic rings. The lowest BCUT2D eigenvalue weighted by Gasteiger charge is -2.57. The highest BCUT2D eigenvalue weighted by Crippen LogP contribution is 2.61. The summed E-state index contributed by atoms with van der Waals surface area (Å²) in [5.74, 6) is 6.38. The van der Waals surface area contributed by atoms with Gasteiger partial charge >= 0.3 is 0 Å². The van der Waals surface area contributed by atoms with E-state index >= 15 is 0 Å². The molecule has 0 aromatic heterocycles. The third-order valence-corrected chi connectivity index (χ3v) is 7.64. The van der Waals surface area contributed by atoms with E-state index in [9.17, 15) is 0 Å². The highest BCUT2D eigenvalue weighted by atomic mass is 16.7. The summed E-state index contributed by atoms with van der Waals surface area (Å²) >= 11 is 0. The first-order chi connectivity index (χ1) is 12.7. The quantitative estimate of drug-likeness (QED) is 0.462. The Morgan fingerprint density at radius 3 is 2.30 bits per heavy atom. The van der Waals surface area contributed by atoms with Crippen molar-refractivity contribution in [1.82, 2.24) is 0 Å². The van der Waals surface area contributed by atoms with Crippen LogP contribution in [-0.4, -0.2) is 13.9 Å². The maximum atomic E-state index is 5.93. The van der Waals surface area contributed by atoms with Crippen LogP contribution in [0.4, 0.5) is 0 Å². The zero-order valence-corrected chi connectivity index (χ0v) is 18.0. The highest BCUT2D eigenvalue weighted by Gasteiger charge is 2.51. The molecule has 2 aliphatic carbocycles. The van der Waals surface area contributed by atoms with E-state index in [-0.39, 0.29) is 6.79 Å². The Bertz CT molecular complexity index is 710. The van der Waals surface area contributed by atoms with Crippen molar-refractivity contribution in [2.45, 2.75) is 66.2 Å². The predicted octanol–water partition coefficient (Wildman–Crippen LogP) is 6.24. The average molecular weight is 369 g/mol. The number of ether oxygens (including phenoxy) is 2. The second kappa shape index (κ2) is 7.51. The second-order valence-electron chi connectivity index (χ2n) is 10.2. The summed E-state index contributed by atoms with van der Waals surface area (Å²) in [4.78, 5) is 0. The lowest BCUT2D eigenvalue weighted by atomic mass is 9.48. The first-order valence-corrected chi connectivity index (χ1v) is 10.4. The predicted molar refractivity (Wildman–Crippen MR) is 112 cm³/mol. The summed E-state index contributed by atoms with van der Waals surface area (Å²) in [6, 6.07) is 6.17. The summed E-state index contributed by atoms with van der Waals surface area (Å²) in [5, 5.41) is 0.